The number of fused-ring (bicyclic) bond motifs is 7. The molecule has 328 valence electrons. The van der Waals surface area contributed by atoms with Crippen molar-refractivity contribution in [3.8, 4) is 56.6 Å². The van der Waals surface area contributed by atoms with Crippen LogP contribution in [-0.2, 0) is 0 Å². The quantitative estimate of drug-likeness (QED) is 0.107. The Morgan fingerprint density at radius 1 is 0.536 bits per heavy atom. The van der Waals surface area contributed by atoms with Crippen molar-refractivity contribution in [2.45, 2.75) is 19.8 Å². The van der Waals surface area contributed by atoms with E-state index >= 15 is 0 Å². The minimum Gasteiger partial charge on any atom is -0.458 e. The van der Waals surface area contributed by atoms with E-state index in [1.165, 1.54) is 0 Å². The Labute approximate surface area is 411 Å². The Kier molecular flexibility index (Phi) is 7.76. The Hall–Kier alpha value is -9.00. The van der Waals surface area contributed by atoms with Gasteiger partial charge in [-0.05, 0) is 82.2 Å². The number of ether oxygens (including phenoxy) is 1. The van der Waals surface area contributed by atoms with E-state index in [2.05, 4.69) is 79.3 Å². The number of pyridine rings is 1. The molecule has 4 heterocycles. The minimum absolute atomic E-state index is 0.00259. The van der Waals surface area contributed by atoms with E-state index in [1.54, 1.807) is 16.8 Å². The predicted molar refractivity (Wildman–Crippen MR) is 282 cm³/mol. The topological polar surface area (TPSA) is 40.8 Å². The van der Waals surface area contributed by atoms with Gasteiger partial charge in [-0.3, -0.25) is 13.7 Å². The van der Waals surface area contributed by atoms with Gasteiger partial charge in [0.15, 0.2) is 0 Å². The average Bonchev–Trinajstić information content (AvgIpc) is 4.33. The molecule has 0 spiro atoms. The fourth-order valence-electron chi connectivity index (χ4n) is 9.83. The number of hydrogen-bond acceptors (Lipinski definition) is 2. The molecule has 4 aromatic heterocycles. The maximum Gasteiger partial charge on any atom is 0.269 e. The van der Waals surface area contributed by atoms with Gasteiger partial charge in [-0.2, -0.15) is 0 Å². The molecule has 0 aliphatic heterocycles. The summed E-state index contributed by atoms with van der Waals surface area (Å²) in [6.45, 7) is 4.24. The highest BCUT2D eigenvalue weighted by molar-refractivity contribution is 6.16. The van der Waals surface area contributed by atoms with Gasteiger partial charge in [-0.25, -0.2) is 4.98 Å². The number of nitrogens with zero attached hydrogens (tertiary/aromatic N) is 5. The molecule has 0 fully saturated rings. The van der Waals surface area contributed by atoms with E-state index in [0.29, 0.717) is 33.9 Å². The first-order valence-corrected chi connectivity index (χ1v) is 22.9. The first-order valence-electron chi connectivity index (χ1n) is 26.9. The normalized spacial score (nSPS) is 13.4. The zero-order valence-electron chi connectivity index (χ0n) is 45.5. The second-order valence-corrected chi connectivity index (χ2v) is 17.4. The highest BCUT2D eigenvalue weighted by Gasteiger charge is 2.23. The fraction of sp³-hybridized carbons (Fsp3) is 0.0476. The van der Waals surface area contributed by atoms with Gasteiger partial charge in [0, 0.05) is 39.9 Å². The lowest BCUT2D eigenvalue weighted by Crippen LogP contribution is -2.31. The zero-order chi connectivity index (χ0) is 53.0. The first-order chi connectivity index (χ1) is 37.4. The molecule has 0 aliphatic rings. The van der Waals surface area contributed by atoms with E-state index in [4.69, 9.17) is 15.2 Å². The lowest BCUT2D eigenvalue weighted by molar-refractivity contribution is -0.571. The molecule has 0 atom stereocenters. The van der Waals surface area contributed by atoms with E-state index in [1.807, 2.05) is 124 Å². The fourth-order valence-corrected chi connectivity index (χ4v) is 9.83. The molecule has 13 aromatic rings. The molecule has 0 amide bonds. The van der Waals surface area contributed by atoms with Crippen LogP contribution in [0, 0.1) is 6.33 Å². The summed E-state index contributed by atoms with van der Waals surface area (Å²) < 4.78 is 87.5. The molecule has 6 heteroatoms. The van der Waals surface area contributed by atoms with Crippen molar-refractivity contribution in [1.82, 2.24) is 18.7 Å². The van der Waals surface area contributed by atoms with Crippen LogP contribution in [0.3, 0.4) is 0 Å². The van der Waals surface area contributed by atoms with Crippen LogP contribution in [0.4, 0.5) is 0 Å². The number of rotatable bonds is 9. The van der Waals surface area contributed by atoms with E-state index in [-0.39, 0.29) is 27.7 Å². The van der Waals surface area contributed by atoms with Crippen molar-refractivity contribution in [2.24, 2.45) is 0 Å². The standard InChI is InChI=1S/C63H45N5O/c1-42(2)45-35-36-64-61(37-45)68-56-32-14-11-27-53(56)62-59(67-54-30-12-9-25-51(54)52-26-10-13-31-55(52)67)39-48(40-60(62)68)69-47-24-17-23-46(38-47)65-41-66(58-34-16-15-33-57(58)65)63-49(43-19-5-3-6-20-43)28-18-29-50(63)44-21-7-4-8-22-44/h3-40,42H,1-2H3/i9D,10D,12D,13D,25D,26D,30D,31D. The van der Waals surface area contributed by atoms with Crippen LogP contribution in [0.2, 0.25) is 0 Å². The SMILES string of the molecule is [2H]c1c([2H])c([2H])c2c(c1[2H])c1c([2H])c([2H])c([2H])c([2H])c1n2-c1cc(Oc2cccc(-n3[c-][n+](-c4c(-c5ccccc5)cccc4-c4ccccc4)c4ccccc43)c2)cc2c1c1ccccc1n2-c1cc(C(C)C)ccn1. The molecule has 0 N–H and O–H groups in total. The third-order valence-corrected chi connectivity index (χ3v) is 13.0. The molecule has 0 radical (unpaired) electrons. The molecule has 0 aliphatic carbocycles. The molecular weight excluding hydrogens is 843 g/mol. The summed E-state index contributed by atoms with van der Waals surface area (Å²) in [6.07, 6.45) is 5.53. The van der Waals surface area contributed by atoms with E-state index in [0.717, 1.165) is 61.1 Å². The maximum absolute atomic E-state index is 9.45. The van der Waals surface area contributed by atoms with Crippen LogP contribution < -0.4 is 9.30 Å². The van der Waals surface area contributed by atoms with Crippen LogP contribution in [0.15, 0.2) is 230 Å². The van der Waals surface area contributed by atoms with Gasteiger partial charge in [-0.15, -0.1) is 0 Å². The second-order valence-electron chi connectivity index (χ2n) is 17.4. The van der Waals surface area contributed by atoms with Crippen molar-refractivity contribution in [1.29, 1.82) is 0 Å². The van der Waals surface area contributed by atoms with Crippen molar-refractivity contribution in [3.63, 3.8) is 0 Å². The van der Waals surface area contributed by atoms with Crippen LogP contribution in [0.5, 0.6) is 11.5 Å². The largest absolute Gasteiger partial charge is 0.458 e. The third-order valence-electron chi connectivity index (χ3n) is 13.0. The van der Waals surface area contributed by atoms with E-state index in [9.17, 15) is 5.48 Å². The molecule has 0 bridgehead atoms. The summed E-state index contributed by atoms with van der Waals surface area (Å²) in [6, 6.07) is 54.9. The third kappa shape index (κ3) is 6.71. The Morgan fingerprint density at radius 2 is 1.17 bits per heavy atom. The summed E-state index contributed by atoms with van der Waals surface area (Å²) in [4.78, 5) is 4.91. The highest BCUT2D eigenvalue weighted by Crippen LogP contribution is 2.43. The van der Waals surface area contributed by atoms with Gasteiger partial charge in [0.05, 0.1) is 61.1 Å². The number of aromatic nitrogens is 5. The predicted octanol–water partition coefficient (Wildman–Crippen LogP) is 15.5. The summed E-state index contributed by atoms with van der Waals surface area (Å²) in [5.74, 6) is 1.62. The molecule has 13 rings (SSSR count). The number of imidazole rings is 1. The van der Waals surface area contributed by atoms with E-state index < -0.39 is 48.3 Å². The molecule has 0 unspecified atom stereocenters. The van der Waals surface area contributed by atoms with Gasteiger partial charge in [0.2, 0.25) is 0 Å². The number of para-hydroxylation sites is 6. The van der Waals surface area contributed by atoms with Crippen molar-refractivity contribution in [2.75, 3.05) is 0 Å². The molecule has 0 saturated carbocycles. The van der Waals surface area contributed by atoms with Crippen LogP contribution in [0.25, 0.3) is 99.8 Å². The average molecular weight is 896 g/mol. The first kappa shape index (κ1) is 32.6. The summed E-state index contributed by atoms with van der Waals surface area (Å²) in [5.41, 5.74) is 10.6. The molecule has 9 aromatic carbocycles. The maximum atomic E-state index is 9.45. The lowest BCUT2D eigenvalue weighted by Gasteiger charge is -2.17. The number of hydrogen-bond donors (Lipinski definition) is 0. The van der Waals surface area contributed by atoms with Gasteiger partial charge < -0.3 is 9.30 Å². The Balaban J connectivity index is 1.06. The van der Waals surface area contributed by atoms with Crippen LogP contribution in [-0.4, -0.2) is 18.7 Å². The lowest BCUT2D eigenvalue weighted by atomic mass is 9.95. The summed E-state index contributed by atoms with van der Waals surface area (Å²) >= 11 is 0. The van der Waals surface area contributed by atoms with Crippen LogP contribution in [0.1, 0.15) is 36.3 Å². The highest BCUT2D eigenvalue weighted by atomic mass is 16.5. The van der Waals surface area contributed by atoms with Crippen molar-refractivity contribution < 1.29 is 20.3 Å². The smallest absolute Gasteiger partial charge is 0.269 e. The Bertz CT molecular complexity index is 4430. The van der Waals surface area contributed by atoms with Crippen molar-refractivity contribution >= 4 is 54.6 Å². The van der Waals surface area contributed by atoms with Gasteiger partial charge >= 0.3 is 0 Å². The minimum atomic E-state index is -0.515. The second kappa shape index (κ2) is 16.4. The van der Waals surface area contributed by atoms with Gasteiger partial charge in [0.25, 0.3) is 6.33 Å². The molecule has 69 heavy (non-hydrogen) atoms. The van der Waals surface area contributed by atoms with Gasteiger partial charge in [0.1, 0.15) is 17.3 Å². The summed E-state index contributed by atoms with van der Waals surface area (Å²) in [5, 5.41) is 1.37. The van der Waals surface area contributed by atoms with Gasteiger partial charge in [-0.1, -0.05) is 177 Å². The van der Waals surface area contributed by atoms with Crippen LogP contribution >= 0.6 is 0 Å². The molecule has 6 nitrogen and oxygen atoms in total. The monoisotopic (exact) mass is 895 g/mol. The number of benzene rings is 9. The molecular formula is C63H45N5O. The summed E-state index contributed by atoms with van der Waals surface area (Å²) in [7, 11) is 0. The zero-order valence-corrected chi connectivity index (χ0v) is 37.5. The molecule has 0 saturated heterocycles. The van der Waals surface area contributed by atoms with Crippen molar-refractivity contribution in [3.05, 3.63) is 242 Å². The Morgan fingerprint density at radius 3 is 1.88 bits per heavy atom.